The monoisotopic (exact) mass is 444 g/mol. The lowest BCUT2D eigenvalue weighted by atomic mass is 10.1. The van der Waals surface area contributed by atoms with E-state index < -0.39 is 59.6 Å². The van der Waals surface area contributed by atoms with E-state index in [4.69, 9.17) is 9.47 Å². The van der Waals surface area contributed by atoms with Gasteiger partial charge in [0.1, 0.15) is 12.4 Å². The molecule has 0 aliphatic carbocycles. The number of aryl methyl sites for hydroxylation is 1. The molecule has 1 heterocycles. The molecule has 2 rings (SSSR count). The minimum absolute atomic E-state index is 0.0801. The Morgan fingerprint density at radius 1 is 1.06 bits per heavy atom. The molecule has 0 saturated carbocycles. The molecule has 168 valence electrons. The largest absolute Gasteiger partial charge is 0.461 e. The van der Waals surface area contributed by atoms with Crippen LogP contribution in [0.15, 0.2) is 18.2 Å². The van der Waals surface area contributed by atoms with Gasteiger partial charge in [0.15, 0.2) is 17.2 Å². The highest BCUT2D eigenvalue weighted by atomic mass is 19.4. The molecule has 0 radical (unpaired) electrons. The van der Waals surface area contributed by atoms with Crippen molar-refractivity contribution in [3.8, 4) is 0 Å². The lowest BCUT2D eigenvalue weighted by Gasteiger charge is -2.10. The lowest BCUT2D eigenvalue weighted by molar-refractivity contribution is -0.127. The van der Waals surface area contributed by atoms with Gasteiger partial charge in [0.2, 0.25) is 0 Å². The maximum absolute atomic E-state index is 13.8. The van der Waals surface area contributed by atoms with E-state index in [1.165, 1.54) is 32.9 Å². The summed E-state index contributed by atoms with van der Waals surface area (Å²) in [4.78, 5) is 37.2. The molecule has 0 amide bonds. The summed E-state index contributed by atoms with van der Waals surface area (Å²) in [5, 5.41) is 3.75. The van der Waals surface area contributed by atoms with Crippen molar-refractivity contribution in [3.63, 3.8) is 0 Å². The fourth-order valence-electron chi connectivity index (χ4n) is 2.77. The number of benzene rings is 1. The molecular formula is C20H20F4N2O5. The number of nitrogens with zero attached hydrogens (tertiary/aromatic N) is 2. The maximum atomic E-state index is 13.8. The highest BCUT2D eigenvalue weighted by molar-refractivity contribution is 5.99. The zero-order chi connectivity index (χ0) is 23.3. The lowest BCUT2D eigenvalue weighted by Crippen LogP contribution is -2.21. The van der Waals surface area contributed by atoms with Gasteiger partial charge in [-0.05, 0) is 32.4 Å². The second kappa shape index (κ2) is 9.71. The van der Waals surface area contributed by atoms with Crippen LogP contribution in [0.5, 0.6) is 0 Å². The Morgan fingerprint density at radius 3 is 2.23 bits per heavy atom. The summed E-state index contributed by atoms with van der Waals surface area (Å²) in [6, 6.07) is 3.66. The van der Waals surface area contributed by atoms with Gasteiger partial charge in [-0.2, -0.15) is 18.3 Å². The number of esters is 2. The highest BCUT2D eigenvalue weighted by Gasteiger charge is 2.37. The zero-order valence-electron chi connectivity index (χ0n) is 17.0. The molecule has 0 unspecified atom stereocenters. The van der Waals surface area contributed by atoms with Crippen molar-refractivity contribution in [1.29, 1.82) is 0 Å². The van der Waals surface area contributed by atoms with E-state index in [1.807, 2.05) is 0 Å². The Hall–Kier alpha value is -3.24. The summed E-state index contributed by atoms with van der Waals surface area (Å²) in [6.45, 7) is 3.34. The summed E-state index contributed by atoms with van der Waals surface area (Å²) in [5.74, 6) is -3.75. The first-order chi connectivity index (χ1) is 14.5. The van der Waals surface area contributed by atoms with E-state index in [9.17, 15) is 31.9 Å². The Kier molecular flexibility index (Phi) is 7.53. The summed E-state index contributed by atoms with van der Waals surface area (Å²) in [6.07, 6.45) is -6.46. The van der Waals surface area contributed by atoms with E-state index in [0.29, 0.717) is 10.2 Å². The normalized spacial score (nSPS) is 11.3. The smallest absolute Gasteiger partial charge is 0.393 e. The second-order valence-electron chi connectivity index (χ2n) is 6.45. The predicted octanol–water partition coefficient (Wildman–Crippen LogP) is 3.67. The minimum atomic E-state index is -4.79. The number of hydrogen-bond acceptors (Lipinski definition) is 6. The van der Waals surface area contributed by atoms with Crippen LogP contribution in [0.4, 0.5) is 17.6 Å². The number of halogens is 4. The van der Waals surface area contributed by atoms with Gasteiger partial charge in [-0.3, -0.25) is 4.79 Å². The summed E-state index contributed by atoms with van der Waals surface area (Å²) < 4.78 is 63.5. The molecular weight excluding hydrogens is 424 g/mol. The third kappa shape index (κ3) is 5.89. The van der Waals surface area contributed by atoms with Gasteiger partial charge in [-0.25, -0.2) is 18.7 Å². The molecule has 0 saturated heterocycles. The molecule has 0 spiro atoms. The Balaban J connectivity index is 2.59. The van der Waals surface area contributed by atoms with Crippen molar-refractivity contribution >= 4 is 17.7 Å². The van der Waals surface area contributed by atoms with Crippen LogP contribution in [-0.2, 0) is 22.4 Å². The van der Waals surface area contributed by atoms with Crippen molar-refractivity contribution in [2.75, 3.05) is 13.2 Å². The van der Waals surface area contributed by atoms with Gasteiger partial charge >= 0.3 is 18.1 Å². The number of aromatic nitrogens is 2. The average Bonchev–Trinajstić information content (AvgIpc) is 3.00. The van der Waals surface area contributed by atoms with E-state index in [-0.39, 0.29) is 18.8 Å². The van der Waals surface area contributed by atoms with Crippen molar-refractivity contribution < 1.29 is 41.4 Å². The van der Waals surface area contributed by atoms with E-state index in [0.717, 1.165) is 6.07 Å². The van der Waals surface area contributed by atoms with Crippen molar-refractivity contribution in [3.05, 3.63) is 52.1 Å². The van der Waals surface area contributed by atoms with Crippen LogP contribution in [0.1, 0.15) is 56.3 Å². The van der Waals surface area contributed by atoms with Crippen LogP contribution >= 0.6 is 0 Å². The molecule has 1 aromatic carbocycles. The first kappa shape index (κ1) is 24.0. The van der Waals surface area contributed by atoms with Crippen LogP contribution in [-0.4, -0.2) is 46.9 Å². The van der Waals surface area contributed by atoms with Gasteiger partial charge in [0.05, 0.1) is 19.6 Å². The highest BCUT2D eigenvalue weighted by Crippen LogP contribution is 2.27. The fraction of sp³-hybridized carbons (Fsp3) is 0.400. The molecule has 0 N–H and O–H groups in total. The van der Waals surface area contributed by atoms with Gasteiger partial charge < -0.3 is 9.47 Å². The maximum Gasteiger partial charge on any atom is 0.393 e. The van der Waals surface area contributed by atoms with Gasteiger partial charge in [0, 0.05) is 11.1 Å². The number of ether oxygens (including phenoxy) is 2. The summed E-state index contributed by atoms with van der Waals surface area (Å²) in [5.41, 5.74) is -1.98. The van der Waals surface area contributed by atoms with E-state index >= 15 is 0 Å². The third-order valence-corrected chi connectivity index (χ3v) is 4.15. The van der Waals surface area contributed by atoms with Crippen LogP contribution in [0.25, 0.3) is 0 Å². The molecule has 7 nitrogen and oxygen atoms in total. The number of hydrogen-bond donors (Lipinski definition) is 0. The standard InChI is InChI=1S/C20H20F4N2O5/c1-4-30-18(28)16-13(9-20(22,23)24)17(19(29)31-5-2)26(25-16)10-15(27)12-7-6-11(3)14(21)8-12/h6-8H,4-5,9-10H2,1-3H3. The molecule has 11 heteroatoms. The Morgan fingerprint density at radius 2 is 1.68 bits per heavy atom. The number of carbonyl (C=O) groups is 3. The molecule has 0 bridgehead atoms. The van der Waals surface area contributed by atoms with Crippen LogP contribution < -0.4 is 0 Å². The van der Waals surface area contributed by atoms with E-state index in [1.54, 1.807) is 0 Å². The average molecular weight is 444 g/mol. The number of Topliss-reactive ketones (excluding diaryl/α,β-unsaturated/α-hetero) is 1. The van der Waals surface area contributed by atoms with Crippen LogP contribution in [0.3, 0.4) is 0 Å². The van der Waals surface area contributed by atoms with E-state index in [2.05, 4.69) is 5.10 Å². The summed E-state index contributed by atoms with van der Waals surface area (Å²) in [7, 11) is 0. The number of alkyl halides is 3. The molecule has 0 fully saturated rings. The fourth-order valence-corrected chi connectivity index (χ4v) is 2.77. The quantitative estimate of drug-likeness (QED) is 0.351. The van der Waals surface area contributed by atoms with Crippen molar-refractivity contribution in [1.82, 2.24) is 9.78 Å². The molecule has 2 aromatic rings. The van der Waals surface area contributed by atoms with Gasteiger partial charge in [-0.1, -0.05) is 12.1 Å². The summed E-state index contributed by atoms with van der Waals surface area (Å²) >= 11 is 0. The number of rotatable bonds is 8. The Labute approximate surface area is 174 Å². The van der Waals surface area contributed by atoms with Gasteiger partial charge in [-0.15, -0.1) is 0 Å². The Bertz CT molecular complexity index is 998. The zero-order valence-corrected chi connectivity index (χ0v) is 17.0. The third-order valence-electron chi connectivity index (χ3n) is 4.15. The molecule has 31 heavy (non-hydrogen) atoms. The van der Waals surface area contributed by atoms with Crippen LogP contribution in [0, 0.1) is 12.7 Å². The first-order valence-electron chi connectivity index (χ1n) is 9.28. The topological polar surface area (TPSA) is 87.5 Å². The predicted molar refractivity (Wildman–Crippen MR) is 99.4 cm³/mol. The molecule has 1 aromatic heterocycles. The van der Waals surface area contributed by atoms with Crippen molar-refractivity contribution in [2.45, 2.75) is 39.9 Å². The molecule has 0 aliphatic rings. The second-order valence-corrected chi connectivity index (χ2v) is 6.45. The number of carbonyl (C=O) groups excluding carboxylic acids is 3. The molecule has 0 aliphatic heterocycles. The SMILES string of the molecule is CCOC(=O)c1nn(CC(=O)c2ccc(C)c(F)c2)c(C(=O)OCC)c1CC(F)(F)F. The minimum Gasteiger partial charge on any atom is -0.461 e. The molecule has 0 atom stereocenters. The van der Waals surface area contributed by atoms with Gasteiger partial charge in [0.25, 0.3) is 0 Å². The first-order valence-corrected chi connectivity index (χ1v) is 9.28. The van der Waals surface area contributed by atoms with Crippen LogP contribution in [0.2, 0.25) is 0 Å². The number of ketones is 1. The van der Waals surface area contributed by atoms with Crippen molar-refractivity contribution in [2.24, 2.45) is 0 Å².